The molecule has 3 aliphatic heterocycles. The van der Waals surface area contributed by atoms with E-state index in [0.29, 0.717) is 18.4 Å². The van der Waals surface area contributed by atoms with E-state index in [0.717, 1.165) is 22.0 Å². The van der Waals surface area contributed by atoms with Crippen LogP contribution in [0.25, 0.3) is 10.8 Å². The summed E-state index contributed by atoms with van der Waals surface area (Å²) < 4.78 is 0. The number of carboxylic acids is 1. The van der Waals surface area contributed by atoms with E-state index in [4.69, 9.17) is 4.84 Å². The van der Waals surface area contributed by atoms with Gasteiger partial charge in [-0.25, -0.2) is 4.79 Å². The Balaban J connectivity index is 1.41. The van der Waals surface area contributed by atoms with Gasteiger partial charge in [-0.2, -0.15) is 0 Å². The normalized spacial score (nSPS) is 26.8. The third-order valence-corrected chi connectivity index (χ3v) is 6.11. The van der Waals surface area contributed by atoms with Crippen LogP contribution in [-0.2, 0) is 14.4 Å². The first-order chi connectivity index (χ1) is 14.0. The van der Waals surface area contributed by atoms with Crippen molar-refractivity contribution in [1.29, 1.82) is 0 Å². The number of amides is 1. The maximum atomic E-state index is 12.4. The smallest absolute Gasteiger partial charge is 0.352 e. The molecule has 3 aliphatic rings. The zero-order valence-corrected chi connectivity index (χ0v) is 15.8. The van der Waals surface area contributed by atoms with Crippen molar-refractivity contribution in [2.24, 2.45) is 11.1 Å². The van der Waals surface area contributed by atoms with Crippen LogP contribution in [0.5, 0.6) is 0 Å². The van der Waals surface area contributed by atoms with E-state index in [1.54, 1.807) is 6.92 Å². The van der Waals surface area contributed by atoms with Gasteiger partial charge in [0.05, 0.1) is 23.8 Å². The molecule has 0 radical (unpaired) electrons. The minimum absolute atomic E-state index is 0.0168. The maximum Gasteiger partial charge on any atom is 0.352 e. The predicted molar refractivity (Wildman–Crippen MR) is 105 cm³/mol. The van der Waals surface area contributed by atoms with Crippen molar-refractivity contribution < 1.29 is 24.6 Å². The lowest BCUT2D eigenvalue weighted by atomic mass is 9.82. The number of aliphatic hydroxyl groups excluding tert-OH is 1. The molecule has 0 aromatic heterocycles. The number of carbonyl (C=O) groups excluding carboxylic acids is 1. The van der Waals surface area contributed by atoms with Gasteiger partial charge in [-0.15, -0.1) is 0 Å². The second-order valence-corrected chi connectivity index (χ2v) is 7.82. The van der Waals surface area contributed by atoms with E-state index in [1.165, 1.54) is 4.90 Å². The van der Waals surface area contributed by atoms with Crippen molar-refractivity contribution in [3.63, 3.8) is 0 Å². The molecule has 0 spiro atoms. The third-order valence-electron chi connectivity index (χ3n) is 6.11. The van der Waals surface area contributed by atoms with Crippen LogP contribution in [0.4, 0.5) is 0 Å². The van der Waals surface area contributed by atoms with Gasteiger partial charge in [0.25, 0.3) is 0 Å². The molecule has 0 aliphatic carbocycles. The molecule has 1 amide bonds. The average molecular weight is 392 g/mol. The molecule has 0 saturated carbocycles. The fourth-order valence-electron chi connectivity index (χ4n) is 4.69. The monoisotopic (exact) mass is 392 g/mol. The Morgan fingerprint density at radius 3 is 2.69 bits per heavy atom. The SMILES string of the molecule is C[C@@H](O)[C@H]1C(=O)N2C(C(=O)O)=C([C@@H]3CC(c4ccc5ccccc5c4)=NO3)C[C@H]12. The number of aliphatic carboxylic acids is 1. The number of carbonyl (C=O) groups is 2. The van der Waals surface area contributed by atoms with Crippen molar-refractivity contribution in [2.75, 3.05) is 0 Å². The zero-order valence-electron chi connectivity index (χ0n) is 15.8. The molecule has 1 fully saturated rings. The predicted octanol–water partition coefficient (Wildman–Crippen LogP) is 2.28. The van der Waals surface area contributed by atoms with Crippen molar-refractivity contribution in [3.8, 4) is 0 Å². The summed E-state index contributed by atoms with van der Waals surface area (Å²) in [6, 6.07) is 13.8. The number of hydrogen-bond donors (Lipinski definition) is 2. The van der Waals surface area contributed by atoms with Gasteiger partial charge in [0, 0.05) is 17.6 Å². The van der Waals surface area contributed by atoms with Gasteiger partial charge in [0.1, 0.15) is 5.70 Å². The number of rotatable bonds is 4. The molecule has 3 heterocycles. The quantitative estimate of drug-likeness (QED) is 0.778. The largest absolute Gasteiger partial charge is 0.477 e. The van der Waals surface area contributed by atoms with Crippen LogP contribution in [0.15, 0.2) is 58.9 Å². The Hall–Kier alpha value is -3.19. The first-order valence-corrected chi connectivity index (χ1v) is 9.65. The van der Waals surface area contributed by atoms with Gasteiger partial charge < -0.3 is 20.0 Å². The molecular formula is C22H20N2O5. The Labute approximate surface area is 166 Å². The number of carboxylic acid groups (broad SMARTS) is 1. The number of fused-ring (bicyclic) bond motifs is 2. The van der Waals surface area contributed by atoms with Gasteiger partial charge >= 0.3 is 5.97 Å². The van der Waals surface area contributed by atoms with Crippen LogP contribution < -0.4 is 0 Å². The number of hydrogen-bond acceptors (Lipinski definition) is 5. The Kier molecular flexibility index (Phi) is 3.96. The summed E-state index contributed by atoms with van der Waals surface area (Å²) in [5.41, 5.74) is 2.24. The first-order valence-electron chi connectivity index (χ1n) is 9.65. The summed E-state index contributed by atoms with van der Waals surface area (Å²) in [5, 5.41) is 26.0. The van der Waals surface area contributed by atoms with Gasteiger partial charge in [0.2, 0.25) is 5.91 Å². The minimum atomic E-state index is -1.15. The number of oxime groups is 1. The fourth-order valence-corrected chi connectivity index (χ4v) is 4.69. The highest BCUT2D eigenvalue weighted by Gasteiger charge is 2.58. The van der Waals surface area contributed by atoms with Crippen LogP contribution in [0.1, 0.15) is 25.3 Å². The average Bonchev–Trinajstić information content (AvgIpc) is 3.30. The lowest BCUT2D eigenvalue weighted by molar-refractivity contribution is -0.161. The summed E-state index contributed by atoms with van der Waals surface area (Å²) >= 11 is 0. The van der Waals surface area contributed by atoms with E-state index >= 15 is 0 Å². The second-order valence-electron chi connectivity index (χ2n) is 7.82. The fraction of sp³-hybridized carbons (Fsp3) is 0.318. The highest BCUT2D eigenvalue weighted by molar-refractivity contribution is 6.05. The van der Waals surface area contributed by atoms with Crippen molar-refractivity contribution in [1.82, 2.24) is 4.90 Å². The highest BCUT2D eigenvalue weighted by atomic mass is 16.6. The molecule has 1 saturated heterocycles. The molecule has 7 nitrogen and oxygen atoms in total. The zero-order chi connectivity index (χ0) is 20.3. The van der Waals surface area contributed by atoms with E-state index < -0.39 is 24.1 Å². The second kappa shape index (κ2) is 6.42. The van der Waals surface area contributed by atoms with E-state index in [-0.39, 0.29) is 17.6 Å². The van der Waals surface area contributed by atoms with Crippen molar-refractivity contribution >= 4 is 28.4 Å². The summed E-state index contributed by atoms with van der Waals surface area (Å²) in [6.45, 7) is 1.56. The van der Waals surface area contributed by atoms with Gasteiger partial charge in [0.15, 0.2) is 6.10 Å². The molecule has 0 bridgehead atoms. The van der Waals surface area contributed by atoms with Crippen LogP contribution in [-0.4, -0.2) is 51.0 Å². The molecule has 148 valence electrons. The molecule has 0 unspecified atom stereocenters. The molecule has 4 atom stereocenters. The minimum Gasteiger partial charge on any atom is -0.477 e. The molecule has 29 heavy (non-hydrogen) atoms. The van der Waals surface area contributed by atoms with Gasteiger partial charge in [-0.1, -0.05) is 41.6 Å². The molecule has 2 N–H and O–H groups in total. The van der Waals surface area contributed by atoms with Crippen LogP contribution in [0.3, 0.4) is 0 Å². The first kappa shape index (κ1) is 17.9. The lowest BCUT2D eigenvalue weighted by Crippen LogP contribution is -2.61. The van der Waals surface area contributed by atoms with Gasteiger partial charge in [-0.05, 0) is 30.2 Å². The van der Waals surface area contributed by atoms with Crippen LogP contribution in [0, 0.1) is 5.92 Å². The van der Waals surface area contributed by atoms with Crippen molar-refractivity contribution in [2.45, 2.75) is 38.0 Å². The van der Waals surface area contributed by atoms with Crippen LogP contribution in [0.2, 0.25) is 0 Å². The number of β-lactam (4-membered cyclic amide) rings is 1. The lowest BCUT2D eigenvalue weighted by Gasteiger charge is -2.44. The van der Waals surface area contributed by atoms with E-state index in [1.807, 2.05) is 42.5 Å². The van der Waals surface area contributed by atoms with E-state index in [9.17, 15) is 19.8 Å². The number of benzene rings is 2. The summed E-state index contributed by atoms with van der Waals surface area (Å²) in [7, 11) is 0. The number of aliphatic hydroxyl groups is 1. The molecule has 2 aromatic rings. The molecular weight excluding hydrogens is 372 g/mol. The number of nitrogens with zero attached hydrogens (tertiary/aromatic N) is 2. The Bertz CT molecular complexity index is 1100. The van der Waals surface area contributed by atoms with E-state index in [2.05, 4.69) is 5.16 Å². The molecule has 5 rings (SSSR count). The summed E-state index contributed by atoms with van der Waals surface area (Å²) in [5.74, 6) is -2.06. The summed E-state index contributed by atoms with van der Waals surface area (Å²) in [4.78, 5) is 31.2. The third kappa shape index (κ3) is 2.65. The van der Waals surface area contributed by atoms with Gasteiger partial charge in [-0.3, -0.25) is 4.79 Å². The van der Waals surface area contributed by atoms with Crippen LogP contribution >= 0.6 is 0 Å². The van der Waals surface area contributed by atoms with Crippen molar-refractivity contribution in [3.05, 3.63) is 59.3 Å². The molecule has 2 aromatic carbocycles. The Morgan fingerprint density at radius 1 is 1.21 bits per heavy atom. The topological polar surface area (TPSA) is 99.4 Å². The highest BCUT2D eigenvalue weighted by Crippen LogP contribution is 2.46. The summed E-state index contributed by atoms with van der Waals surface area (Å²) in [6.07, 6.45) is -0.505. The Morgan fingerprint density at radius 2 is 1.97 bits per heavy atom. The maximum absolute atomic E-state index is 12.4. The standard InChI is InChI=1S/C22H20N2O5/c1-11(25)19-17-9-15(20(22(27)28)24(17)21(19)26)18-10-16(23-29-18)14-7-6-12-4-2-3-5-13(12)8-14/h2-8,11,17-19,25H,9-10H2,1H3,(H,27,28)/t11-,17-,18+,19-/m1/s1. The molecule has 7 heteroatoms.